The van der Waals surface area contributed by atoms with Crippen LogP contribution >= 0.6 is 11.6 Å². The fraction of sp³-hybridized carbons (Fsp3) is 0.227. The Hall–Kier alpha value is -3.16. The highest BCUT2D eigenvalue weighted by Gasteiger charge is 2.26. The average Bonchev–Trinajstić information content (AvgIpc) is 3.35. The monoisotopic (exact) mass is 421 g/mol. The normalized spacial score (nSPS) is 16.4. The molecule has 0 spiro atoms. The molecular formula is C22H20ClN5O2. The zero-order chi connectivity index (χ0) is 20.7. The molecule has 1 amide bonds. The lowest BCUT2D eigenvalue weighted by atomic mass is 10.2. The first-order valence-corrected chi connectivity index (χ1v) is 10.2. The summed E-state index contributed by atoms with van der Waals surface area (Å²) in [6.45, 7) is 1.16. The third-order valence-electron chi connectivity index (χ3n) is 5.31. The van der Waals surface area contributed by atoms with Crippen molar-refractivity contribution >= 4 is 45.5 Å². The maximum atomic E-state index is 13.1. The van der Waals surface area contributed by atoms with Crippen LogP contribution in [0.15, 0.2) is 48.5 Å². The van der Waals surface area contributed by atoms with E-state index in [1.807, 2.05) is 36.4 Å². The standard InChI is InChI=1S/C22H20ClN5O2/c23-13-5-3-6-14(11-13)28-20(24)18(22(29)25-12-15-7-4-10-30-15)19-21(28)27-17-9-2-1-8-16(17)26-19/h1-3,5-6,8-9,11,15H,4,7,10,12,24H2,(H,25,29). The lowest BCUT2D eigenvalue weighted by Gasteiger charge is -2.11. The third kappa shape index (κ3) is 3.26. The molecule has 1 saturated heterocycles. The Balaban J connectivity index is 1.67. The molecule has 5 rings (SSSR count). The molecule has 1 atom stereocenters. The predicted molar refractivity (Wildman–Crippen MR) is 117 cm³/mol. The number of nitrogens with one attached hydrogen (secondary N) is 1. The number of fused-ring (bicyclic) bond motifs is 2. The van der Waals surface area contributed by atoms with Gasteiger partial charge >= 0.3 is 0 Å². The molecule has 1 unspecified atom stereocenters. The summed E-state index contributed by atoms with van der Waals surface area (Å²) in [6.07, 6.45) is 1.97. The van der Waals surface area contributed by atoms with Crippen molar-refractivity contribution in [1.82, 2.24) is 19.9 Å². The van der Waals surface area contributed by atoms with Crippen LogP contribution in [-0.2, 0) is 4.74 Å². The van der Waals surface area contributed by atoms with Crippen molar-refractivity contribution in [3.8, 4) is 5.69 Å². The number of nitrogen functional groups attached to an aromatic ring is 1. The highest BCUT2D eigenvalue weighted by Crippen LogP contribution is 2.31. The molecule has 152 valence electrons. The lowest BCUT2D eigenvalue weighted by Crippen LogP contribution is -2.32. The smallest absolute Gasteiger partial charge is 0.257 e. The minimum atomic E-state index is -0.293. The molecular weight excluding hydrogens is 402 g/mol. The van der Waals surface area contributed by atoms with Crippen LogP contribution in [-0.4, -0.2) is 39.7 Å². The minimum Gasteiger partial charge on any atom is -0.384 e. The molecule has 1 aliphatic heterocycles. The zero-order valence-corrected chi connectivity index (χ0v) is 16.9. The van der Waals surface area contributed by atoms with Gasteiger partial charge in [-0.3, -0.25) is 9.36 Å². The number of nitrogens with zero attached hydrogens (tertiary/aromatic N) is 3. The molecule has 2 aromatic heterocycles. The lowest BCUT2D eigenvalue weighted by molar-refractivity contribution is 0.0859. The van der Waals surface area contributed by atoms with Gasteiger partial charge in [0.2, 0.25) is 0 Å². The highest BCUT2D eigenvalue weighted by molar-refractivity contribution is 6.30. The van der Waals surface area contributed by atoms with Crippen molar-refractivity contribution in [2.24, 2.45) is 0 Å². The summed E-state index contributed by atoms with van der Waals surface area (Å²) in [7, 11) is 0. The Bertz CT molecular complexity index is 1260. The van der Waals surface area contributed by atoms with Crippen molar-refractivity contribution in [1.29, 1.82) is 0 Å². The zero-order valence-electron chi connectivity index (χ0n) is 16.1. The Morgan fingerprint density at radius 3 is 2.73 bits per heavy atom. The largest absolute Gasteiger partial charge is 0.384 e. The molecule has 8 heteroatoms. The van der Waals surface area contributed by atoms with E-state index in [0.717, 1.165) is 25.0 Å². The summed E-state index contributed by atoms with van der Waals surface area (Å²) in [5.41, 5.74) is 9.90. The van der Waals surface area contributed by atoms with E-state index >= 15 is 0 Å². The maximum absolute atomic E-state index is 13.1. The first-order chi connectivity index (χ1) is 14.6. The number of rotatable bonds is 4. The molecule has 0 bridgehead atoms. The van der Waals surface area contributed by atoms with E-state index in [0.29, 0.717) is 39.5 Å². The summed E-state index contributed by atoms with van der Waals surface area (Å²) < 4.78 is 7.33. The van der Waals surface area contributed by atoms with Crippen LogP contribution in [0.4, 0.5) is 5.82 Å². The van der Waals surface area contributed by atoms with Gasteiger partial charge in [0.15, 0.2) is 5.65 Å². The van der Waals surface area contributed by atoms with Crippen molar-refractivity contribution in [3.05, 3.63) is 59.1 Å². The molecule has 0 saturated carbocycles. The number of carbonyl (C=O) groups excluding carboxylic acids is 1. The van der Waals surface area contributed by atoms with Gasteiger partial charge in [-0.15, -0.1) is 0 Å². The van der Waals surface area contributed by atoms with Crippen molar-refractivity contribution in [2.75, 3.05) is 18.9 Å². The van der Waals surface area contributed by atoms with E-state index in [-0.39, 0.29) is 17.8 Å². The molecule has 1 fully saturated rings. The molecule has 0 aliphatic carbocycles. The van der Waals surface area contributed by atoms with Gasteiger partial charge in [0.05, 0.1) is 22.8 Å². The van der Waals surface area contributed by atoms with Crippen molar-refractivity contribution in [2.45, 2.75) is 18.9 Å². The van der Waals surface area contributed by atoms with Gasteiger partial charge in [0.25, 0.3) is 5.91 Å². The van der Waals surface area contributed by atoms with Crippen LogP contribution in [0.2, 0.25) is 5.02 Å². The van der Waals surface area contributed by atoms with Gasteiger partial charge in [-0.05, 0) is 43.2 Å². The fourth-order valence-electron chi connectivity index (χ4n) is 3.86. The topological polar surface area (TPSA) is 95.1 Å². The number of ether oxygens (including phenoxy) is 1. The van der Waals surface area contributed by atoms with Crippen LogP contribution < -0.4 is 11.1 Å². The number of nitrogens with two attached hydrogens (primary N) is 1. The third-order valence-corrected chi connectivity index (χ3v) is 5.54. The molecule has 0 radical (unpaired) electrons. The van der Waals surface area contributed by atoms with E-state index in [9.17, 15) is 4.79 Å². The average molecular weight is 422 g/mol. The molecule has 3 N–H and O–H groups in total. The highest BCUT2D eigenvalue weighted by atomic mass is 35.5. The number of aromatic nitrogens is 3. The summed E-state index contributed by atoms with van der Waals surface area (Å²) >= 11 is 6.20. The Morgan fingerprint density at radius 1 is 1.20 bits per heavy atom. The second-order valence-corrected chi connectivity index (χ2v) is 7.74. The number of benzene rings is 2. The van der Waals surface area contributed by atoms with E-state index < -0.39 is 0 Å². The Kier molecular flexibility index (Phi) is 4.77. The first-order valence-electron chi connectivity index (χ1n) is 9.84. The number of carbonyl (C=O) groups is 1. The summed E-state index contributed by atoms with van der Waals surface area (Å²) in [5.74, 6) is -0.0224. The van der Waals surface area contributed by atoms with E-state index in [1.165, 1.54) is 0 Å². The minimum absolute atomic E-state index is 0.0309. The van der Waals surface area contributed by atoms with Crippen molar-refractivity contribution in [3.63, 3.8) is 0 Å². The van der Waals surface area contributed by atoms with Crippen molar-refractivity contribution < 1.29 is 9.53 Å². The number of anilines is 1. The number of hydrogen-bond acceptors (Lipinski definition) is 5. The number of para-hydroxylation sites is 2. The van der Waals surface area contributed by atoms with Gasteiger partial charge in [-0.2, -0.15) is 0 Å². The van der Waals surface area contributed by atoms with Crippen LogP contribution in [0.3, 0.4) is 0 Å². The quantitative estimate of drug-likeness (QED) is 0.523. The second kappa shape index (κ2) is 7.59. The SMILES string of the molecule is Nc1c(C(=O)NCC2CCCO2)c2nc3ccccc3nc2n1-c1cccc(Cl)c1. The maximum Gasteiger partial charge on any atom is 0.257 e. The van der Waals surface area contributed by atoms with Gasteiger partial charge in [0.1, 0.15) is 16.9 Å². The fourth-order valence-corrected chi connectivity index (χ4v) is 4.05. The number of amides is 1. The van der Waals surface area contributed by atoms with E-state index in [1.54, 1.807) is 16.7 Å². The summed E-state index contributed by atoms with van der Waals surface area (Å²) in [5, 5.41) is 3.51. The molecule has 4 aromatic rings. The molecule has 30 heavy (non-hydrogen) atoms. The Labute approximate surface area is 177 Å². The van der Waals surface area contributed by atoms with Gasteiger partial charge in [-0.25, -0.2) is 9.97 Å². The predicted octanol–water partition coefficient (Wildman–Crippen LogP) is 3.72. The first kappa shape index (κ1) is 18.8. The van der Waals surface area contributed by atoms with E-state index in [2.05, 4.69) is 5.32 Å². The van der Waals surface area contributed by atoms with Gasteiger partial charge < -0.3 is 15.8 Å². The number of hydrogen-bond donors (Lipinski definition) is 2. The Morgan fingerprint density at radius 2 is 2.00 bits per heavy atom. The molecule has 7 nitrogen and oxygen atoms in total. The molecule has 1 aliphatic rings. The van der Waals surface area contributed by atoms with Crippen LogP contribution in [0.5, 0.6) is 0 Å². The van der Waals surface area contributed by atoms with E-state index in [4.69, 9.17) is 32.0 Å². The van der Waals surface area contributed by atoms with Gasteiger partial charge in [-0.1, -0.05) is 29.8 Å². The van der Waals surface area contributed by atoms with Crippen LogP contribution in [0.1, 0.15) is 23.2 Å². The van der Waals surface area contributed by atoms with Crippen LogP contribution in [0.25, 0.3) is 27.9 Å². The summed E-state index contributed by atoms with van der Waals surface area (Å²) in [4.78, 5) is 22.6. The number of halogens is 1. The molecule has 2 aromatic carbocycles. The summed E-state index contributed by atoms with van der Waals surface area (Å²) in [6, 6.07) is 14.8. The van der Waals surface area contributed by atoms with Gasteiger partial charge in [0, 0.05) is 18.2 Å². The second-order valence-electron chi connectivity index (χ2n) is 7.31. The molecule has 3 heterocycles. The van der Waals surface area contributed by atoms with Crippen LogP contribution in [0, 0.1) is 0 Å².